The lowest BCUT2D eigenvalue weighted by Gasteiger charge is -2.35. The number of aromatic nitrogens is 1. The van der Waals surface area contributed by atoms with Crippen LogP contribution in [0.4, 0.5) is 0 Å². The number of carbonyl (C=O) groups excluding carboxylic acids is 3. The number of aryl methyl sites for hydroxylation is 1. The van der Waals surface area contributed by atoms with Gasteiger partial charge in [-0.15, -0.1) is 22.9 Å². The minimum atomic E-state index is -0.853. The monoisotopic (exact) mass is 534 g/mol. The van der Waals surface area contributed by atoms with Gasteiger partial charge in [-0.1, -0.05) is 45.0 Å². The number of aliphatic hydroxyl groups is 1. The normalized spacial score (nSPS) is 19.6. The molecule has 2 heterocycles. The fraction of sp³-hybridized carbons (Fsp3) is 0.538. The topological polar surface area (TPSA) is 112 Å². The number of thiazole rings is 1. The number of halogens is 1. The van der Waals surface area contributed by atoms with Crippen molar-refractivity contribution in [1.29, 1.82) is 0 Å². The molecule has 4 unspecified atom stereocenters. The Morgan fingerprint density at radius 1 is 1.22 bits per heavy atom. The molecular formula is C26H35ClN4O4S. The molecular weight excluding hydrogens is 500 g/mol. The van der Waals surface area contributed by atoms with E-state index < -0.39 is 23.6 Å². The smallest absolute Gasteiger partial charge is 0.246 e. The summed E-state index contributed by atoms with van der Waals surface area (Å²) in [6.45, 7) is 9.42. The highest BCUT2D eigenvalue weighted by Gasteiger charge is 2.44. The number of likely N-dealkylation sites (tertiary alicyclic amines) is 1. The van der Waals surface area contributed by atoms with Gasteiger partial charge in [0.25, 0.3) is 0 Å². The number of amides is 3. The van der Waals surface area contributed by atoms with Crippen LogP contribution < -0.4 is 10.6 Å². The molecule has 1 fully saturated rings. The Hall–Kier alpha value is -2.49. The van der Waals surface area contributed by atoms with Gasteiger partial charge in [-0.3, -0.25) is 14.4 Å². The van der Waals surface area contributed by atoms with Crippen molar-refractivity contribution in [2.24, 2.45) is 5.41 Å². The molecule has 0 bridgehead atoms. The first kappa shape index (κ1) is 28.1. The van der Waals surface area contributed by atoms with Crippen LogP contribution in [0.5, 0.6) is 0 Å². The molecule has 0 aliphatic carbocycles. The molecule has 36 heavy (non-hydrogen) atoms. The van der Waals surface area contributed by atoms with Crippen molar-refractivity contribution in [3.63, 3.8) is 0 Å². The molecule has 1 aliphatic heterocycles. The van der Waals surface area contributed by atoms with Crippen LogP contribution in [0.1, 0.15) is 57.8 Å². The summed E-state index contributed by atoms with van der Waals surface area (Å²) in [6, 6.07) is 5.96. The summed E-state index contributed by atoms with van der Waals surface area (Å²) in [5.74, 6) is -0.911. The molecule has 3 amide bonds. The van der Waals surface area contributed by atoms with Crippen LogP contribution in [0.15, 0.2) is 29.8 Å². The number of rotatable bonds is 8. The Morgan fingerprint density at radius 2 is 1.89 bits per heavy atom. The summed E-state index contributed by atoms with van der Waals surface area (Å²) in [5.41, 5.74) is 4.19. The second kappa shape index (κ2) is 11.7. The first-order chi connectivity index (χ1) is 16.9. The molecule has 1 aliphatic rings. The lowest BCUT2D eigenvalue weighted by molar-refractivity contribution is -0.144. The van der Waals surface area contributed by atoms with Gasteiger partial charge in [-0.2, -0.15) is 0 Å². The molecule has 0 saturated carbocycles. The Kier molecular flexibility index (Phi) is 9.13. The number of hydrogen-bond acceptors (Lipinski definition) is 6. The second-order valence-corrected chi connectivity index (χ2v) is 11.6. The van der Waals surface area contributed by atoms with Crippen LogP contribution in [0.2, 0.25) is 0 Å². The van der Waals surface area contributed by atoms with Crippen molar-refractivity contribution in [2.45, 2.75) is 71.7 Å². The summed E-state index contributed by atoms with van der Waals surface area (Å²) in [5, 5.41) is 16.1. The molecule has 1 aromatic carbocycles. The van der Waals surface area contributed by atoms with Gasteiger partial charge in [-0.05, 0) is 30.4 Å². The van der Waals surface area contributed by atoms with E-state index in [2.05, 4.69) is 15.6 Å². The Balaban J connectivity index is 1.72. The van der Waals surface area contributed by atoms with Crippen molar-refractivity contribution in [3.8, 4) is 10.4 Å². The Labute approximate surface area is 221 Å². The van der Waals surface area contributed by atoms with E-state index in [9.17, 15) is 19.5 Å². The zero-order chi connectivity index (χ0) is 26.6. The van der Waals surface area contributed by atoms with Crippen molar-refractivity contribution in [3.05, 3.63) is 41.0 Å². The molecule has 3 rings (SSSR count). The van der Waals surface area contributed by atoms with Gasteiger partial charge in [0.15, 0.2) is 0 Å². The average molecular weight is 535 g/mol. The molecule has 3 N–H and O–H groups in total. The number of alkyl halides is 1. The predicted molar refractivity (Wildman–Crippen MR) is 142 cm³/mol. The van der Waals surface area contributed by atoms with E-state index in [-0.39, 0.29) is 49.0 Å². The number of carbonyl (C=O) groups is 3. The van der Waals surface area contributed by atoms with Crippen LogP contribution in [0, 0.1) is 12.3 Å². The third-order valence-corrected chi connectivity index (χ3v) is 7.55. The standard InChI is InChI=1S/C26H35ClN4O4S/c1-15(17-6-8-18(9-7-17)22-16(2)28-14-36-22)29-24(34)20-12-19(32)13-31(20)25(35)23(26(3,4)5)30-21(33)10-11-27/h6-9,14-15,19-20,23,32H,10-13H2,1-5H3,(H,29,34)(H,30,33). The highest BCUT2D eigenvalue weighted by Crippen LogP contribution is 2.29. The largest absolute Gasteiger partial charge is 0.391 e. The zero-order valence-corrected chi connectivity index (χ0v) is 22.9. The van der Waals surface area contributed by atoms with Crippen molar-refractivity contribution >= 4 is 40.7 Å². The quantitative estimate of drug-likeness (QED) is 0.449. The van der Waals surface area contributed by atoms with Gasteiger partial charge in [0.05, 0.1) is 28.2 Å². The van der Waals surface area contributed by atoms with E-state index in [0.29, 0.717) is 0 Å². The number of nitrogens with zero attached hydrogens (tertiary/aromatic N) is 2. The molecule has 196 valence electrons. The van der Waals surface area contributed by atoms with E-state index in [1.807, 2.05) is 64.4 Å². The first-order valence-electron chi connectivity index (χ1n) is 12.1. The molecule has 10 heteroatoms. The van der Waals surface area contributed by atoms with E-state index in [0.717, 1.165) is 21.7 Å². The second-order valence-electron chi connectivity index (χ2n) is 10.3. The molecule has 2 aromatic rings. The molecule has 1 saturated heterocycles. The van der Waals surface area contributed by atoms with Gasteiger partial charge >= 0.3 is 0 Å². The number of nitrogens with one attached hydrogen (secondary N) is 2. The third kappa shape index (κ3) is 6.63. The maximum absolute atomic E-state index is 13.5. The van der Waals surface area contributed by atoms with Crippen LogP contribution in [0.25, 0.3) is 10.4 Å². The molecule has 4 atom stereocenters. The van der Waals surface area contributed by atoms with Crippen LogP contribution in [0.3, 0.4) is 0 Å². The average Bonchev–Trinajstić information content (AvgIpc) is 3.42. The Bertz CT molecular complexity index is 1080. The van der Waals surface area contributed by atoms with Gasteiger partial charge in [0.2, 0.25) is 17.7 Å². The summed E-state index contributed by atoms with van der Waals surface area (Å²) < 4.78 is 0. The minimum absolute atomic E-state index is 0.0339. The SMILES string of the molecule is Cc1ncsc1-c1ccc(C(C)NC(=O)C2CC(O)CN2C(=O)C(NC(=O)CCCl)C(C)(C)C)cc1. The Morgan fingerprint density at radius 3 is 2.44 bits per heavy atom. The van der Waals surface area contributed by atoms with E-state index in [1.54, 1.807) is 11.3 Å². The third-order valence-electron chi connectivity index (χ3n) is 6.38. The van der Waals surface area contributed by atoms with Crippen LogP contribution in [-0.4, -0.2) is 63.3 Å². The lowest BCUT2D eigenvalue weighted by atomic mass is 9.85. The number of aliphatic hydroxyl groups excluding tert-OH is 1. The van der Waals surface area contributed by atoms with Crippen molar-refractivity contribution < 1.29 is 19.5 Å². The van der Waals surface area contributed by atoms with Crippen molar-refractivity contribution in [1.82, 2.24) is 20.5 Å². The van der Waals surface area contributed by atoms with Gasteiger partial charge in [-0.25, -0.2) is 4.98 Å². The van der Waals surface area contributed by atoms with Crippen LogP contribution >= 0.6 is 22.9 Å². The minimum Gasteiger partial charge on any atom is -0.391 e. The maximum atomic E-state index is 13.5. The number of β-amino-alcohol motifs (C(OH)–C–C–N with tert-alkyl or cyclic N) is 1. The predicted octanol–water partition coefficient (Wildman–Crippen LogP) is 3.42. The van der Waals surface area contributed by atoms with E-state index in [4.69, 9.17) is 11.6 Å². The summed E-state index contributed by atoms with van der Waals surface area (Å²) in [4.78, 5) is 45.8. The molecule has 1 aromatic heterocycles. The summed E-state index contributed by atoms with van der Waals surface area (Å²) in [6.07, 6.45) is -0.589. The first-order valence-corrected chi connectivity index (χ1v) is 13.5. The van der Waals surface area contributed by atoms with E-state index >= 15 is 0 Å². The van der Waals surface area contributed by atoms with Gasteiger partial charge in [0, 0.05) is 25.3 Å². The maximum Gasteiger partial charge on any atom is 0.246 e. The molecule has 8 nitrogen and oxygen atoms in total. The molecule has 0 spiro atoms. The zero-order valence-electron chi connectivity index (χ0n) is 21.4. The van der Waals surface area contributed by atoms with Gasteiger partial charge in [0.1, 0.15) is 12.1 Å². The van der Waals surface area contributed by atoms with Crippen molar-refractivity contribution in [2.75, 3.05) is 12.4 Å². The van der Waals surface area contributed by atoms with E-state index in [1.165, 1.54) is 4.90 Å². The summed E-state index contributed by atoms with van der Waals surface area (Å²) >= 11 is 7.26. The highest BCUT2D eigenvalue weighted by atomic mass is 35.5. The number of hydrogen-bond donors (Lipinski definition) is 3. The van der Waals surface area contributed by atoms with Gasteiger partial charge < -0.3 is 20.6 Å². The highest BCUT2D eigenvalue weighted by molar-refractivity contribution is 7.13. The fourth-order valence-corrected chi connectivity index (χ4v) is 5.32. The summed E-state index contributed by atoms with van der Waals surface area (Å²) in [7, 11) is 0. The lowest BCUT2D eigenvalue weighted by Crippen LogP contribution is -2.57. The molecule has 0 radical (unpaired) electrons. The van der Waals surface area contributed by atoms with Crippen LogP contribution in [-0.2, 0) is 14.4 Å². The number of benzene rings is 1. The fourth-order valence-electron chi connectivity index (χ4n) is 4.33.